The smallest absolute Gasteiger partial charge is 0.0992 e. The van der Waals surface area contributed by atoms with E-state index in [4.69, 9.17) is 22.6 Å². The van der Waals surface area contributed by atoms with E-state index in [1.807, 2.05) is 12.1 Å². The monoisotopic (exact) mass is 305 g/mol. The van der Waals surface area contributed by atoms with Crippen LogP contribution in [0.4, 0.5) is 0 Å². The van der Waals surface area contributed by atoms with Gasteiger partial charge >= 0.3 is 0 Å². The lowest BCUT2D eigenvalue weighted by molar-refractivity contribution is 0.105. The molecule has 0 heterocycles. The molecule has 0 aliphatic heterocycles. The van der Waals surface area contributed by atoms with Gasteiger partial charge in [-0.25, -0.2) is 0 Å². The maximum atomic E-state index is 8.92. The molecule has 0 bridgehead atoms. The van der Waals surface area contributed by atoms with Gasteiger partial charge in [-0.3, -0.25) is 4.90 Å². The van der Waals surface area contributed by atoms with E-state index in [0.29, 0.717) is 22.5 Å². The van der Waals surface area contributed by atoms with Crippen molar-refractivity contribution in [2.75, 3.05) is 13.1 Å². The van der Waals surface area contributed by atoms with Gasteiger partial charge in [0.15, 0.2) is 0 Å². The molecule has 2 unspecified atom stereocenters. The van der Waals surface area contributed by atoms with Crippen molar-refractivity contribution in [3.8, 4) is 6.07 Å². The molecule has 2 rings (SSSR count). The molecule has 114 valence electrons. The second-order valence-electron chi connectivity index (χ2n) is 5.83. The minimum absolute atomic E-state index is 0.556. The molecule has 1 saturated carbocycles. The van der Waals surface area contributed by atoms with Crippen LogP contribution in [0.25, 0.3) is 0 Å². The van der Waals surface area contributed by atoms with Crippen molar-refractivity contribution in [2.24, 2.45) is 11.7 Å². The number of hydrogen-bond acceptors (Lipinski definition) is 3. The number of rotatable bonds is 5. The van der Waals surface area contributed by atoms with E-state index in [1.54, 1.807) is 6.07 Å². The summed E-state index contributed by atoms with van der Waals surface area (Å²) in [5.74, 6) is 0.593. The van der Waals surface area contributed by atoms with Crippen LogP contribution in [0.3, 0.4) is 0 Å². The number of nitrogens with two attached hydrogens (primary N) is 1. The standard InChI is InChI=1S/C17H24ClN3/c1-2-21(17-6-4-3-5-14(17)11-20)12-15-8-7-13(10-19)9-16(15)18/h7-9,14,17H,2-6,11-12,20H2,1H3. The second-order valence-corrected chi connectivity index (χ2v) is 6.24. The van der Waals surface area contributed by atoms with E-state index in [0.717, 1.165) is 25.2 Å². The summed E-state index contributed by atoms with van der Waals surface area (Å²) in [5.41, 5.74) is 7.67. The molecule has 0 spiro atoms. The first-order valence-electron chi connectivity index (χ1n) is 7.82. The van der Waals surface area contributed by atoms with Crippen LogP contribution < -0.4 is 5.73 Å². The van der Waals surface area contributed by atoms with E-state index in [-0.39, 0.29) is 0 Å². The summed E-state index contributed by atoms with van der Waals surface area (Å²) in [6, 6.07) is 8.26. The van der Waals surface area contributed by atoms with Crippen molar-refractivity contribution in [3.05, 3.63) is 34.3 Å². The fourth-order valence-electron chi connectivity index (χ4n) is 3.37. The summed E-state index contributed by atoms with van der Waals surface area (Å²) < 4.78 is 0. The third kappa shape index (κ3) is 3.97. The first-order chi connectivity index (χ1) is 10.2. The number of hydrogen-bond donors (Lipinski definition) is 1. The molecule has 21 heavy (non-hydrogen) atoms. The Hall–Kier alpha value is -1.08. The Morgan fingerprint density at radius 2 is 2.14 bits per heavy atom. The number of benzene rings is 1. The lowest BCUT2D eigenvalue weighted by Crippen LogP contribution is -2.44. The maximum absolute atomic E-state index is 8.92. The van der Waals surface area contributed by atoms with Gasteiger partial charge in [-0.05, 0) is 49.5 Å². The lowest BCUT2D eigenvalue weighted by Gasteiger charge is -2.39. The Kier molecular flexibility index (Phi) is 6.05. The van der Waals surface area contributed by atoms with E-state index >= 15 is 0 Å². The summed E-state index contributed by atoms with van der Waals surface area (Å²) in [6.07, 6.45) is 5.05. The highest BCUT2D eigenvalue weighted by molar-refractivity contribution is 6.31. The molecule has 4 heteroatoms. The van der Waals surface area contributed by atoms with Gasteiger partial charge in [0.2, 0.25) is 0 Å². The fourth-order valence-corrected chi connectivity index (χ4v) is 3.61. The Morgan fingerprint density at radius 1 is 1.38 bits per heavy atom. The normalized spacial score (nSPS) is 22.2. The van der Waals surface area contributed by atoms with Crippen molar-refractivity contribution in [2.45, 2.75) is 45.2 Å². The van der Waals surface area contributed by atoms with E-state index in [2.05, 4.69) is 17.9 Å². The lowest BCUT2D eigenvalue weighted by atomic mass is 9.83. The number of halogens is 1. The number of nitrogens with zero attached hydrogens (tertiary/aromatic N) is 2. The Balaban J connectivity index is 2.13. The SMILES string of the molecule is CCN(Cc1ccc(C#N)cc1Cl)C1CCCCC1CN. The van der Waals surface area contributed by atoms with Gasteiger partial charge in [0.05, 0.1) is 11.6 Å². The molecule has 2 atom stereocenters. The van der Waals surface area contributed by atoms with Crippen LogP contribution >= 0.6 is 11.6 Å². The second kappa shape index (κ2) is 7.79. The molecule has 0 amide bonds. The zero-order chi connectivity index (χ0) is 15.2. The summed E-state index contributed by atoms with van der Waals surface area (Å²) in [6.45, 7) is 4.79. The van der Waals surface area contributed by atoms with Crippen molar-refractivity contribution >= 4 is 11.6 Å². The van der Waals surface area contributed by atoms with E-state index < -0.39 is 0 Å². The van der Waals surface area contributed by atoms with Crippen molar-refractivity contribution < 1.29 is 0 Å². The van der Waals surface area contributed by atoms with Crippen LogP contribution in [0, 0.1) is 17.2 Å². The predicted molar refractivity (Wildman–Crippen MR) is 87.1 cm³/mol. The van der Waals surface area contributed by atoms with Crippen molar-refractivity contribution in [1.29, 1.82) is 5.26 Å². The zero-order valence-corrected chi connectivity index (χ0v) is 13.4. The average molecular weight is 306 g/mol. The van der Waals surface area contributed by atoms with Gasteiger partial charge in [-0.15, -0.1) is 0 Å². The molecule has 0 saturated heterocycles. The Labute approximate surface area is 132 Å². The molecule has 1 aromatic carbocycles. The minimum Gasteiger partial charge on any atom is -0.330 e. The highest BCUT2D eigenvalue weighted by atomic mass is 35.5. The molecule has 0 radical (unpaired) electrons. The molecule has 1 aromatic rings. The fraction of sp³-hybridized carbons (Fsp3) is 0.588. The van der Waals surface area contributed by atoms with Gasteiger partial charge in [0.25, 0.3) is 0 Å². The van der Waals surface area contributed by atoms with Gasteiger partial charge < -0.3 is 5.73 Å². The predicted octanol–water partition coefficient (Wildman–Crippen LogP) is 3.55. The first-order valence-corrected chi connectivity index (χ1v) is 8.20. The summed E-state index contributed by atoms with van der Waals surface area (Å²) in [4.78, 5) is 2.49. The van der Waals surface area contributed by atoms with Crippen LogP contribution in [0.1, 0.15) is 43.7 Å². The molecule has 1 aliphatic rings. The highest BCUT2D eigenvalue weighted by Gasteiger charge is 2.28. The highest BCUT2D eigenvalue weighted by Crippen LogP contribution is 2.30. The van der Waals surface area contributed by atoms with Crippen LogP contribution in [0.15, 0.2) is 18.2 Å². The Morgan fingerprint density at radius 3 is 2.76 bits per heavy atom. The minimum atomic E-state index is 0.556. The van der Waals surface area contributed by atoms with Gasteiger partial charge in [0.1, 0.15) is 0 Å². The maximum Gasteiger partial charge on any atom is 0.0992 e. The van der Waals surface area contributed by atoms with Crippen molar-refractivity contribution in [1.82, 2.24) is 4.90 Å². The average Bonchev–Trinajstić information content (AvgIpc) is 2.53. The first kappa shape index (κ1) is 16.3. The molecule has 1 aliphatic carbocycles. The molecule has 1 fully saturated rings. The third-order valence-electron chi connectivity index (χ3n) is 4.60. The largest absolute Gasteiger partial charge is 0.330 e. The molecular weight excluding hydrogens is 282 g/mol. The Bertz CT molecular complexity index is 509. The summed E-state index contributed by atoms with van der Waals surface area (Å²) >= 11 is 6.32. The topological polar surface area (TPSA) is 53.0 Å². The quantitative estimate of drug-likeness (QED) is 0.905. The molecule has 3 nitrogen and oxygen atoms in total. The third-order valence-corrected chi connectivity index (χ3v) is 4.95. The molecule has 0 aromatic heterocycles. The van der Waals surface area contributed by atoms with Gasteiger partial charge in [0, 0.05) is 17.6 Å². The van der Waals surface area contributed by atoms with E-state index in [1.165, 1.54) is 25.7 Å². The molecule has 2 N–H and O–H groups in total. The molecular formula is C17H24ClN3. The van der Waals surface area contributed by atoms with Crippen LogP contribution in [0.5, 0.6) is 0 Å². The zero-order valence-electron chi connectivity index (χ0n) is 12.7. The summed E-state index contributed by atoms with van der Waals surface area (Å²) in [7, 11) is 0. The van der Waals surface area contributed by atoms with Crippen molar-refractivity contribution in [3.63, 3.8) is 0 Å². The van der Waals surface area contributed by atoms with Crippen LogP contribution in [0.2, 0.25) is 5.02 Å². The van der Waals surface area contributed by atoms with Gasteiger partial charge in [-0.2, -0.15) is 5.26 Å². The van der Waals surface area contributed by atoms with Crippen LogP contribution in [-0.4, -0.2) is 24.0 Å². The van der Waals surface area contributed by atoms with Crippen LogP contribution in [-0.2, 0) is 6.54 Å². The van der Waals surface area contributed by atoms with Gasteiger partial charge in [-0.1, -0.05) is 37.4 Å². The van der Waals surface area contributed by atoms with E-state index in [9.17, 15) is 0 Å². The number of nitriles is 1. The summed E-state index contributed by atoms with van der Waals surface area (Å²) in [5, 5.41) is 9.61.